The monoisotopic (exact) mass is 448 g/mol. The quantitative estimate of drug-likeness (QED) is 0.627. The zero-order chi connectivity index (χ0) is 23.4. The lowest BCUT2D eigenvalue weighted by Gasteiger charge is -2.32. The fourth-order valence-electron chi connectivity index (χ4n) is 4.27. The highest BCUT2D eigenvalue weighted by Gasteiger charge is 2.36. The number of piperidine rings is 1. The minimum absolute atomic E-state index is 0.0791. The number of H-pyrrole nitrogens is 1. The highest BCUT2D eigenvalue weighted by molar-refractivity contribution is 5.95. The Bertz CT molecular complexity index is 1270. The molecule has 1 aliphatic rings. The Labute approximate surface area is 181 Å². The fourth-order valence-corrected chi connectivity index (χ4v) is 4.27. The number of carbonyl (C=O) groups excluding carboxylic acids is 1. The van der Waals surface area contributed by atoms with E-state index in [9.17, 15) is 22.8 Å². The number of halogens is 3. The molecule has 1 amide bonds. The van der Waals surface area contributed by atoms with Crippen LogP contribution in [0.2, 0.25) is 0 Å². The van der Waals surface area contributed by atoms with E-state index in [0.717, 1.165) is 11.8 Å². The van der Waals surface area contributed by atoms with Gasteiger partial charge in [-0.3, -0.25) is 14.7 Å². The van der Waals surface area contributed by atoms with Gasteiger partial charge in [-0.15, -0.1) is 0 Å². The molecule has 0 radical (unpaired) electrons. The van der Waals surface area contributed by atoms with Crippen LogP contribution in [0.4, 0.5) is 19.0 Å². The maximum absolute atomic E-state index is 13.6. The van der Waals surface area contributed by atoms with Crippen LogP contribution in [-0.2, 0) is 13.2 Å². The number of nitrogens with zero attached hydrogens (tertiary/aromatic N) is 4. The highest BCUT2D eigenvalue weighted by Crippen LogP contribution is 2.39. The summed E-state index contributed by atoms with van der Waals surface area (Å²) in [5.41, 5.74) is 6.07. The Kier molecular flexibility index (Phi) is 5.22. The number of fused-ring (bicyclic) bond motifs is 1. The summed E-state index contributed by atoms with van der Waals surface area (Å²) in [6, 6.07) is 2.81. The first kappa shape index (κ1) is 21.8. The lowest BCUT2D eigenvalue weighted by Crippen LogP contribution is -2.41. The summed E-state index contributed by atoms with van der Waals surface area (Å²) in [7, 11) is 1.61. The van der Waals surface area contributed by atoms with E-state index in [1.54, 1.807) is 31.9 Å². The second-order valence-corrected chi connectivity index (χ2v) is 8.20. The number of aromatic nitrogens is 4. The van der Waals surface area contributed by atoms with Gasteiger partial charge < -0.3 is 15.2 Å². The topological polar surface area (TPSA) is 110 Å². The lowest BCUT2D eigenvalue weighted by molar-refractivity contribution is -0.136. The predicted octanol–water partition coefficient (Wildman–Crippen LogP) is 2.89. The average molecular weight is 448 g/mol. The van der Waals surface area contributed by atoms with Crippen molar-refractivity contribution in [3.05, 3.63) is 50.6 Å². The summed E-state index contributed by atoms with van der Waals surface area (Å²) in [6.45, 7) is 4.13. The number of alkyl halides is 3. The van der Waals surface area contributed by atoms with E-state index in [2.05, 4.69) is 15.2 Å². The second-order valence-electron chi connectivity index (χ2n) is 8.20. The number of likely N-dealkylation sites (tertiary alicyclic amines) is 1. The summed E-state index contributed by atoms with van der Waals surface area (Å²) in [5.74, 6) is -0.813. The predicted molar refractivity (Wildman–Crippen MR) is 112 cm³/mol. The van der Waals surface area contributed by atoms with Crippen molar-refractivity contribution < 1.29 is 18.0 Å². The van der Waals surface area contributed by atoms with Crippen LogP contribution in [0.5, 0.6) is 0 Å². The van der Waals surface area contributed by atoms with Crippen LogP contribution in [0, 0.1) is 13.8 Å². The molecule has 4 heterocycles. The molecule has 3 aromatic rings. The van der Waals surface area contributed by atoms with Gasteiger partial charge in [-0.2, -0.15) is 18.3 Å². The Morgan fingerprint density at radius 2 is 1.88 bits per heavy atom. The standard InChI is InChI=1S/C21H23F3N6O2/c1-10-8-11(2)29(3)19(31)15(10)20(32)30-6-4-12(5-7-30)14-9-13(21(22,23)24)16-17(25)27-28-18(16)26-14/h8-9,12H,4-7H2,1-3H3,(H3,25,26,27,28). The van der Waals surface area contributed by atoms with Crippen molar-refractivity contribution in [2.75, 3.05) is 18.8 Å². The van der Waals surface area contributed by atoms with Crippen LogP contribution >= 0.6 is 0 Å². The van der Waals surface area contributed by atoms with E-state index in [4.69, 9.17) is 5.73 Å². The molecule has 1 saturated heterocycles. The molecule has 170 valence electrons. The van der Waals surface area contributed by atoms with Crippen molar-refractivity contribution >= 4 is 22.8 Å². The molecule has 1 fully saturated rings. The largest absolute Gasteiger partial charge is 0.417 e. The molecule has 8 nitrogen and oxygen atoms in total. The van der Waals surface area contributed by atoms with Gasteiger partial charge in [0.1, 0.15) is 11.4 Å². The summed E-state index contributed by atoms with van der Waals surface area (Å²) in [4.78, 5) is 31.5. The van der Waals surface area contributed by atoms with E-state index in [1.807, 2.05) is 0 Å². The molecule has 3 N–H and O–H groups in total. The fraction of sp³-hybridized carbons (Fsp3) is 0.429. The number of hydrogen-bond acceptors (Lipinski definition) is 5. The third-order valence-electron chi connectivity index (χ3n) is 6.16. The third-order valence-corrected chi connectivity index (χ3v) is 6.16. The zero-order valence-corrected chi connectivity index (χ0v) is 17.9. The van der Waals surface area contributed by atoms with Gasteiger partial charge in [0, 0.05) is 37.4 Å². The van der Waals surface area contributed by atoms with Gasteiger partial charge in [0.25, 0.3) is 11.5 Å². The smallest absolute Gasteiger partial charge is 0.383 e. The maximum Gasteiger partial charge on any atom is 0.417 e. The summed E-state index contributed by atoms with van der Waals surface area (Å²) in [5, 5.41) is 5.93. The van der Waals surface area contributed by atoms with Crippen molar-refractivity contribution in [3.8, 4) is 0 Å². The summed E-state index contributed by atoms with van der Waals surface area (Å²) < 4.78 is 42.2. The van der Waals surface area contributed by atoms with E-state index in [1.165, 1.54) is 4.57 Å². The van der Waals surface area contributed by atoms with E-state index in [-0.39, 0.29) is 45.5 Å². The molecule has 0 spiro atoms. The number of anilines is 1. The molecule has 32 heavy (non-hydrogen) atoms. The molecule has 11 heteroatoms. The number of nitrogens with two attached hydrogens (primary N) is 1. The van der Waals surface area contributed by atoms with Crippen molar-refractivity contribution in [3.63, 3.8) is 0 Å². The van der Waals surface area contributed by atoms with Gasteiger partial charge >= 0.3 is 6.18 Å². The van der Waals surface area contributed by atoms with Gasteiger partial charge in [0.15, 0.2) is 5.65 Å². The van der Waals surface area contributed by atoms with Crippen molar-refractivity contribution in [2.45, 2.75) is 38.8 Å². The maximum atomic E-state index is 13.6. The van der Waals surface area contributed by atoms with E-state index in [0.29, 0.717) is 31.5 Å². The molecule has 0 bridgehead atoms. The molecule has 3 aromatic heterocycles. The summed E-state index contributed by atoms with van der Waals surface area (Å²) in [6.07, 6.45) is -3.76. The van der Waals surface area contributed by atoms with E-state index < -0.39 is 11.7 Å². The molecular weight excluding hydrogens is 425 g/mol. The molecule has 0 atom stereocenters. The average Bonchev–Trinajstić information content (AvgIpc) is 3.11. The van der Waals surface area contributed by atoms with Gasteiger partial charge in [-0.1, -0.05) is 0 Å². The van der Waals surface area contributed by atoms with Crippen LogP contribution in [0.25, 0.3) is 11.0 Å². The minimum atomic E-state index is -4.60. The van der Waals surface area contributed by atoms with Gasteiger partial charge in [0.05, 0.1) is 10.9 Å². The molecule has 1 aliphatic heterocycles. The number of rotatable bonds is 2. The van der Waals surface area contributed by atoms with Crippen LogP contribution in [-0.4, -0.2) is 43.6 Å². The Balaban J connectivity index is 1.59. The third kappa shape index (κ3) is 3.61. The van der Waals surface area contributed by atoms with Crippen LogP contribution < -0.4 is 11.3 Å². The number of aromatic amines is 1. The Morgan fingerprint density at radius 1 is 1.22 bits per heavy atom. The number of carbonyl (C=O) groups is 1. The SMILES string of the molecule is Cc1cc(C)n(C)c(=O)c1C(=O)N1CCC(c2cc(C(F)(F)F)c3c(N)[nH]nc3n2)CC1. The highest BCUT2D eigenvalue weighted by atomic mass is 19.4. The first-order valence-electron chi connectivity index (χ1n) is 10.2. The van der Waals surface area contributed by atoms with Crippen molar-refractivity contribution in [1.29, 1.82) is 0 Å². The summed E-state index contributed by atoms with van der Waals surface area (Å²) >= 11 is 0. The molecule has 0 aromatic carbocycles. The number of aryl methyl sites for hydroxylation is 2. The molecule has 0 saturated carbocycles. The Morgan fingerprint density at radius 3 is 2.50 bits per heavy atom. The first-order chi connectivity index (χ1) is 15.0. The number of hydrogen-bond donors (Lipinski definition) is 2. The van der Waals surface area contributed by atoms with Crippen LogP contribution in [0.3, 0.4) is 0 Å². The number of amides is 1. The van der Waals surface area contributed by atoms with Crippen LogP contribution in [0.15, 0.2) is 16.9 Å². The molecular formula is C21H23F3N6O2. The number of pyridine rings is 2. The van der Waals surface area contributed by atoms with Gasteiger partial charge in [0.2, 0.25) is 0 Å². The molecule has 0 unspecified atom stereocenters. The normalized spacial score (nSPS) is 15.5. The van der Waals surface area contributed by atoms with Crippen molar-refractivity contribution in [2.24, 2.45) is 7.05 Å². The van der Waals surface area contributed by atoms with E-state index >= 15 is 0 Å². The second kappa shape index (κ2) is 7.64. The minimum Gasteiger partial charge on any atom is -0.383 e. The van der Waals surface area contributed by atoms with Crippen molar-refractivity contribution in [1.82, 2.24) is 24.6 Å². The molecule has 4 rings (SSSR count). The Hall–Kier alpha value is -3.37. The lowest BCUT2D eigenvalue weighted by atomic mass is 9.91. The van der Waals surface area contributed by atoms with Gasteiger partial charge in [-0.05, 0) is 44.4 Å². The number of nitrogen functional groups attached to an aromatic ring is 1. The van der Waals surface area contributed by atoms with Crippen LogP contribution in [0.1, 0.15) is 51.6 Å². The first-order valence-corrected chi connectivity index (χ1v) is 10.2. The zero-order valence-electron chi connectivity index (χ0n) is 17.9. The number of nitrogens with one attached hydrogen (secondary N) is 1. The van der Waals surface area contributed by atoms with Gasteiger partial charge in [-0.25, -0.2) is 4.98 Å². The molecule has 0 aliphatic carbocycles.